The van der Waals surface area contributed by atoms with E-state index < -0.39 is 0 Å². The van der Waals surface area contributed by atoms with E-state index in [4.69, 9.17) is 10.5 Å². The van der Waals surface area contributed by atoms with Gasteiger partial charge in [-0.3, -0.25) is 15.3 Å². The molecule has 1 aromatic carbocycles. The SMILES string of the molecule is O=[C]c1ccccc1.OO. The fraction of sp³-hybridized carbons (Fsp3) is 0. The van der Waals surface area contributed by atoms with E-state index in [1.54, 1.807) is 30.6 Å². The Morgan fingerprint density at radius 1 is 1.10 bits per heavy atom. The minimum atomic E-state index is 0.604. The lowest BCUT2D eigenvalue weighted by Gasteiger charge is -1.80. The van der Waals surface area contributed by atoms with Crippen LogP contribution in [0.4, 0.5) is 0 Å². The first-order chi connectivity index (χ1) is 4.93. The van der Waals surface area contributed by atoms with Crippen LogP contribution in [0.3, 0.4) is 0 Å². The minimum absolute atomic E-state index is 0.604. The molecular weight excluding hydrogens is 132 g/mol. The van der Waals surface area contributed by atoms with Gasteiger partial charge in [0.05, 0.1) is 0 Å². The Hall–Kier alpha value is -1.19. The predicted octanol–water partition coefficient (Wildman–Crippen LogP) is 1.16. The number of rotatable bonds is 1. The largest absolute Gasteiger partial charge is 0.285 e. The standard InChI is InChI=1S/C7H5O.H2O2/c8-6-7-4-2-1-3-5-7;1-2/h1-5H;1-2H. The van der Waals surface area contributed by atoms with Gasteiger partial charge in [0, 0.05) is 5.56 Å². The molecule has 3 heteroatoms. The Labute approximate surface area is 58.5 Å². The number of hydrogen-bond acceptors (Lipinski definition) is 3. The molecule has 0 aromatic heterocycles. The lowest BCUT2D eigenvalue weighted by Crippen LogP contribution is -1.73. The Kier molecular flexibility index (Phi) is 5.23. The maximum Gasteiger partial charge on any atom is 0.233 e. The van der Waals surface area contributed by atoms with Crippen molar-refractivity contribution in [2.24, 2.45) is 0 Å². The maximum atomic E-state index is 9.88. The fourth-order valence-corrected chi connectivity index (χ4v) is 0.506. The second-order valence-corrected chi connectivity index (χ2v) is 1.47. The zero-order chi connectivity index (χ0) is 7.82. The second-order valence-electron chi connectivity index (χ2n) is 1.47. The fourth-order valence-electron chi connectivity index (χ4n) is 0.506. The molecule has 0 atom stereocenters. The van der Waals surface area contributed by atoms with Gasteiger partial charge in [0.15, 0.2) is 0 Å². The van der Waals surface area contributed by atoms with Crippen LogP contribution < -0.4 is 0 Å². The maximum absolute atomic E-state index is 9.88. The van der Waals surface area contributed by atoms with Gasteiger partial charge in [-0.15, -0.1) is 0 Å². The van der Waals surface area contributed by atoms with E-state index in [0.29, 0.717) is 5.56 Å². The summed E-state index contributed by atoms with van der Waals surface area (Å²) >= 11 is 0. The summed E-state index contributed by atoms with van der Waals surface area (Å²) in [5.74, 6) is 0. The molecule has 0 spiro atoms. The van der Waals surface area contributed by atoms with E-state index in [1.807, 2.05) is 6.07 Å². The molecule has 1 radical (unpaired) electrons. The van der Waals surface area contributed by atoms with E-state index in [-0.39, 0.29) is 0 Å². The molecule has 0 saturated carbocycles. The average Bonchev–Trinajstić information content (AvgIpc) is 2.10. The van der Waals surface area contributed by atoms with Crippen LogP contribution in [0.15, 0.2) is 30.3 Å². The quantitative estimate of drug-likeness (QED) is 0.453. The number of benzene rings is 1. The zero-order valence-electron chi connectivity index (χ0n) is 5.19. The van der Waals surface area contributed by atoms with E-state index in [9.17, 15) is 4.79 Å². The van der Waals surface area contributed by atoms with Gasteiger partial charge >= 0.3 is 0 Å². The Balaban J connectivity index is 0.000000371. The molecule has 0 heterocycles. The van der Waals surface area contributed by atoms with Gasteiger partial charge in [-0.1, -0.05) is 30.3 Å². The highest BCUT2D eigenvalue weighted by atomic mass is 17.0. The van der Waals surface area contributed by atoms with Crippen LogP contribution in [-0.4, -0.2) is 16.8 Å². The van der Waals surface area contributed by atoms with Crippen molar-refractivity contribution in [3.8, 4) is 0 Å². The van der Waals surface area contributed by atoms with Crippen molar-refractivity contribution in [2.75, 3.05) is 0 Å². The third-order valence-electron chi connectivity index (χ3n) is 0.892. The summed E-state index contributed by atoms with van der Waals surface area (Å²) in [5.41, 5.74) is 0.604. The molecule has 0 aliphatic heterocycles. The highest BCUT2D eigenvalue weighted by Gasteiger charge is 1.81. The Morgan fingerprint density at radius 2 is 1.60 bits per heavy atom. The lowest BCUT2D eigenvalue weighted by atomic mass is 10.2. The van der Waals surface area contributed by atoms with Gasteiger partial charge in [0.25, 0.3) is 0 Å². The molecule has 1 rings (SSSR count). The molecule has 1 aromatic rings. The van der Waals surface area contributed by atoms with E-state index in [1.165, 1.54) is 0 Å². The number of carbonyl (C=O) groups excluding carboxylic acids is 1. The molecule has 0 unspecified atom stereocenters. The molecule has 3 nitrogen and oxygen atoms in total. The van der Waals surface area contributed by atoms with Gasteiger partial charge < -0.3 is 0 Å². The van der Waals surface area contributed by atoms with Crippen molar-refractivity contribution in [1.29, 1.82) is 0 Å². The molecule has 53 valence electrons. The van der Waals surface area contributed by atoms with Gasteiger partial charge in [-0.25, -0.2) is 0 Å². The summed E-state index contributed by atoms with van der Waals surface area (Å²) in [7, 11) is 0. The van der Waals surface area contributed by atoms with Crippen LogP contribution in [0.5, 0.6) is 0 Å². The van der Waals surface area contributed by atoms with E-state index in [2.05, 4.69) is 0 Å². The van der Waals surface area contributed by atoms with Crippen LogP contribution in [-0.2, 0) is 4.79 Å². The van der Waals surface area contributed by atoms with Crippen LogP contribution in [0, 0.1) is 0 Å². The first kappa shape index (κ1) is 8.81. The van der Waals surface area contributed by atoms with Crippen molar-refractivity contribution in [3.63, 3.8) is 0 Å². The molecule has 2 N–H and O–H groups in total. The van der Waals surface area contributed by atoms with Crippen LogP contribution in [0.2, 0.25) is 0 Å². The van der Waals surface area contributed by atoms with Crippen LogP contribution in [0.25, 0.3) is 0 Å². The summed E-state index contributed by atoms with van der Waals surface area (Å²) in [4.78, 5) is 9.88. The van der Waals surface area contributed by atoms with Crippen molar-refractivity contribution in [2.45, 2.75) is 0 Å². The van der Waals surface area contributed by atoms with Crippen LogP contribution in [0.1, 0.15) is 5.56 Å². The third kappa shape index (κ3) is 2.96. The average molecular weight is 139 g/mol. The smallest absolute Gasteiger partial charge is 0.233 e. The molecule has 0 bridgehead atoms. The van der Waals surface area contributed by atoms with Crippen LogP contribution >= 0.6 is 0 Å². The van der Waals surface area contributed by atoms with Crippen molar-refractivity contribution >= 4 is 6.29 Å². The molecule has 10 heavy (non-hydrogen) atoms. The van der Waals surface area contributed by atoms with Gasteiger partial charge in [0.2, 0.25) is 6.29 Å². The molecule has 0 aliphatic rings. The molecule has 0 saturated heterocycles. The van der Waals surface area contributed by atoms with Gasteiger partial charge in [0.1, 0.15) is 0 Å². The van der Waals surface area contributed by atoms with Gasteiger partial charge in [-0.2, -0.15) is 0 Å². The highest BCUT2D eigenvalue weighted by Crippen LogP contribution is 1.91. The first-order valence-electron chi connectivity index (χ1n) is 2.56. The molecule has 0 fully saturated rings. The van der Waals surface area contributed by atoms with Crippen molar-refractivity contribution in [1.82, 2.24) is 0 Å². The third-order valence-corrected chi connectivity index (χ3v) is 0.892. The summed E-state index contributed by atoms with van der Waals surface area (Å²) in [6.07, 6.45) is 1.78. The van der Waals surface area contributed by atoms with E-state index in [0.717, 1.165) is 0 Å². The zero-order valence-corrected chi connectivity index (χ0v) is 5.19. The lowest BCUT2D eigenvalue weighted by molar-refractivity contribution is -0.176. The summed E-state index contributed by atoms with van der Waals surface area (Å²) in [5, 5.41) is 12.0. The minimum Gasteiger partial charge on any atom is -0.285 e. The molecule has 0 aliphatic carbocycles. The predicted molar refractivity (Wildman–Crippen MR) is 36.5 cm³/mol. The summed E-state index contributed by atoms with van der Waals surface area (Å²) in [6.45, 7) is 0. The summed E-state index contributed by atoms with van der Waals surface area (Å²) in [6, 6.07) is 8.90. The normalized spacial score (nSPS) is 7.40. The molecular formula is C7H7O3. The first-order valence-corrected chi connectivity index (χ1v) is 2.56. The Morgan fingerprint density at radius 3 is 1.90 bits per heavy atom. The van der Waals surface area contributed by atoms with Crippen molar-refractivity contribution < 1.29 is 15.3 Å². The summed E-state index contributed by atoms with van der Waals surface area (Å²) < 4.78 is 0. The van der Waals surface area contributed by atoms with Gasteiger partial charge in [-0.05, 0) is 0 Å². The monoisotopic (exact) mass is 139 g/mol. The topological polar surface area (TPSA) is 57.5 Å². The van der Waals surface area contributed by atoms with E-state index >= 15 is 0 Å². The second kappa shape index (κ2) is 5.94. The number of hydrogen-bond donors (Lipinski definition) is 2. The van der Waals surface area contributed by atoms with Crippen molar-refractivity contribution in [3.05, 3.63) is 35.9 Å². The highest BCUT2D eigenvalue weighted by molar-refractivity contribution is 5.74. The molecule has 0 amide bonds. The Bertz CT molecular complexity index is 171.